The van der Waals surface area contributed by atoms with Crippen LogP contribution in [0.15, 0.2) is 35.5 Å². The average molecular weight is 363 g/mol. The maximum Gasteiger partial charge on any atom is 0.244 e. The van der Waals surface area contributed by atoms with Crippen LogP contribution in [0.3, 0.4) is 0 Å². The molecular weight excluding hydrogens is 342 g/mol. The largest absolute Gasteiger partial charge is 0.496 e. The molecule has 0 radical (unpaired) electrons. The molecule has 2 heterocycles. The van der Waals surface area contributed by atoms with Crippen molar-refractivity contribution in [2.75, 3.05) is 20.3 Å². The highest BCUT2D eigenvalue weighted by molar-refractivity contribution is 7.89. The van der Waals surface area contributed by atoms with Crippen molar-refractivity contribution >= 4 is 10.0 Å². The molecule has 134 valence electrons. The van der Waals surface area contributed by atoms with Crippen LogP contribution >= 0.6 is 0 Å². The van der Waals surface area contributed by atoms with Crippen LogP contribution in [0.25, 0.3) is 0 Å². The molecule has 1 aliphatic heterocycles. The topological polar surface area (TPSA) is 82.5 Å². The number of sulfonamides is 1. The third-order valence-corrected chi connectivity index (χ3v) is 6.34. The minimum atomic E-state index is -3.63. The zero-order valence-electron chi connectivity index (χ0n) is 14.0. The van der Waals surface area contributed by atoms with Gasteiger partial charge < -0.3 is 9.47 Å². The van der Waals surface area contributed by atoms with E-state index in [4.69, 9.17) is 9.47 Å². The number of methoxy groups -OCH3 is 1. The molecule has 2 unspecified atom stereocenters. The number of ether oxygens (including phenoxy) is 2. The average Bonchev–Trinajstić information content (AvgIpc) is 3.34. The van der Waals surface area contributed by atoms with Crippen molar-refractivity contribution in [3.05, 3.63) is 41.7 Å². The molecule has 2 aromatic rings. The third-order valence-electron chi connectivity index (χ3n) is 4.91. The molecule has 1 N–H and O–H groups in total. The fraction of sp³-hybridized carbons (Fsp3) is 0.471. The van der Waals surface area contributed by atoms with Crippen molar-refractivity contribution < 1.29 is 17.9 Å². The molecule has 0 spiro atoms. The zero-order valence-corrected chi connectivity index (χ0v) is 14.8. The lowest BCUT2D eigenvalue weighted by Gasteiger charge is -2.14. The van der Waals surface area contributed by atoms with Crippen LogP contribution in [0.5, 0.6) is 5.75 Å². The molecule has 4 rings (SSSR count). The molecule has 2 aliphatic rings. The smallest absolute Gasteiger partial charge is 0.244 e. The molecule has 1 aromatic carbocycles. The Hall–Kier alpha value is -1.90. The molecule has 1 fully saturated rings. The van der Waals surface area contributed by atoms with E-state index >= 15 is 0 Å². The summed E-state index contributed by atoms with van der Waals surface area (Å²) in [6, 6.07) is 5.62. The molecule has 0 amide bonds. The van der Waals surface area contributed by atoms with E-state index < -0.39 is 10.0 Å². The Bertz CT molecular complexity index is 872. The number of rotatable bonds is 5. The van der Waals surface area contributed by atoms with E-state index in [1.54, 1.807) is 18.0 Å². The summed E-state index contributed by atoms with van der Waals surface area (Å²) in [4.78, 5) is 0.191. The Morgan fingerprint density at radius 2 is 2.24 bits per heavy atom. The first-order valence-corrected chi connectivity index (χ1v) is 9.87. The monoisotopic (exact) mass is 363 g/mol. The van der Waals surface area contributed by atoms with Crippen LogP contribution in [0.4, 0.5) is 0 Å². The summed E-state index contributed by atoms with van der Waals surface area (Å²) < 4.78 is 40.7. The second-order valence-electron chi connectivity index (χ2n) is 6.41. The standard InChI is InChI=1S/C17H21N3O4S/c1-23-17-4-2-3-14-15(17)5-6-16(14)19-25(21,22)13-9-18-20(10-13)12-7-8-24-11-12/h2-4,9-10,12,16,19H,5-8,11H2,1H3. The van der Waals surface area contributed by atoms with E-state index in [1.165, 1.54) is 6.20 Å². The molecule has 0 bridgehead atoms. The van der Waals surface area contributed by atoms with Gasteiger partial charge in [-0.2, -0.15) is 5.10 Å². The molecule has 8 heteroatoms. The molecular formula is C17H21N3O4S. The summed E-state index contributed by atoms with van der Waals surface area (Å²) in [5, 5.41) is 4.21. The fourth-order valence-electron chi connectivity index (χ4n) is 3.58. The van der Waals surface area contributed by atoms with Crippen molar-refractivity contribution in [3.63, 3.8) is 0 Å². The number of nitrogens with zero attached hydrogens (tertiary/aromatic N) is 2. The molecule has 1 saturated heterocycles. The minimum absolute atomic E-state index is 0.111. The Balaban J connectivity index is 1.55. The highest BCUT2D eigenvalue weighted by Crippen LogP contribution is 2.37. The van der Waals surface area contributed by atoms with Crippen molar-refractivity contribution in [2.24, 2.45) is 0 Å². The Morgan fingerprint density at radius 3 is 3.00 bits per heavy atom. The van der Waals surface area contributed by atoms with E-state index in [1.807, 2.05) is 18.2 Å². The molecule has 1 aromatic heterocycles. The number of hydrogen-bond donors (Lipinski definition) is 1. The van der Waals surface area contributed by atoms with Gasteiger partial charge in [0, 0.05) is 18.8 Å². The van der Waals surface area contributed by atoms with E-state index in [0.29, 0.717) is 13.2 Å². The first-order valence-electron chi connectivity index (χ1n) is 8.38. The van der Waals surface area contributed by atoms with Crippen molar-refractivity contribution in [1.29, 1.82) is 0 Å². The zero-order chi connectivity index (χ0) is 17.4. The van der Waals surface area contributed by atoms with E-state index in [2.05, 4.69) is 9.82 Å². The van der Waals surface area contributed by atoms with Crippen LogP contribution in [-0.2, 0) is 21.2 Å². The Labute approximate surface area is 147 Å². The van der Waals surface area contributed by atoms with Gasteiger partial charge in [-0.15, -0.1) is 0 Å². The first-order chi connectivity index (χ1) is 12.1. The molecule has 2 atom stereocenters. The molecule has 1 aliphatic carbocycles. The summed E-state index contributed by atoms with van der Waals surface area (Å²) in [6.45, 7) is 1.26. The quantitative estimate of drug-likeness (QED) is 0.876. The van der Waals surface area contributed by atoms with Crippen molar-refractivity contribution in [2.45, 2.75) is 36.2 Å². The SMILES string of the molecule is COc1cccc2c1CCC2NS(=O)(=O)c1cnn(C2CCOC2)c1. The first kappa shape index (κ1) is 16.6. The lowest BCUT2D eigenvalue weighted by molar-refractivity contribution is 0.184. The highest BCUT2D eigenvalue weighted by Gasteiger charge is 2.30. The van der Waals surface area contributed by atoms with Crippen LogP contribution in [-0.4, -0.2) is 38.5 Å². The van der Waals surface area contributed by atoms with Gasteiger partial charge in [-0.25, -0.2) is 13.1 Å². The summed E-state index contributed by atoms with van der Waals surface area (Å²) in [7, 11) is -2.00. The number of fused-ring (bicyclic) bond motifs is 1. The van der Waals surface area contributed by atoms with Gasteiger partial charge in [0.1, 0.15) is 10.6 Å². The van der Waals surface area contributed by atoms with E-state index in [-0.39, 0.29) is 17.0 Å². The van der Waals surface area contributed by atoms with Crippen LogP contribution < -0.4 is 9.46 Å². The van der Waals surface area contributed by atoms with Crippen LogP contribution in [0, 0.1) is 0 Å². The Kier molecular flexibility index (Phi) is 4.26. The lowest BCUT2D eigenvalue weighted by atomic mass is 10.1. The van der Waals surface area contributed by atoms with Gasteiger partial charge in [-0.1, -0.05) is 12.1 Å². The van der Waals surface area contributed by atoms with Crippen LogP contribution in [0.2, 0.25) is 0 Å². The van der Waals surface area contributed by atoms with Crippen LogP contribution in [0.1, 0.15) is 36.1 Å². The maximum atomic E-state index is 12.8. The summed E-state index contributed by atoms with van der Waals surface area (Å²) in [5.74, 6) is 0.813. The van der Waals surface area contributed by atoms with E-state index in [9.17, 15) is 8.42 Å². The number of hydrogen-bond acceptors (Lipinski definition) is 5. The van der Waals surface area contributed by atoms with Gasteiger partial charge >= 0.3 is 0 Å². The van der Waals surface area contributed by atoms with Gasteiger partial charge in [0.05, 0.1) is 26.0 Å². The summed E-state index contributed by atoms with van der Waals surface area (Å²) in [6.07, 6.45) is 5.36. The van der Waals surface area contributed by atoms with Gasteiger partial charge in [0.2, 0.25) is 10.0 Å². The van der Waals surface area contributed by atoms with Gasteiger partial charge in [0.25, 0.3) is 0 Å². The van der Waals surface area contributed by atoms with Crippen molar-refractivity contribution in [1.82, 2.24) is 14.5 Å². The van der Waals surface area contributed by atoms with Gasteiger partial charge in [-0.05, 0) is 36.5 Å². The van der Waals surface area contributed by atoms with Gasteiger partial charge in [0.15, 0.2) is 0 Å². The molecule has 7 nitrogen and oxygen atoms in total. The molecule has 0 saturated carbocycles. The molecule has 25 heavy (non-hydrogen) atoms. The number of benzene rings is 1. The minimum Gasteiger partial charge on any atom is -0.496 e. The predicted molar refractivity (Wildman–Crippen MR) is 91.1 cm³/mol. The van der Waals surface area contributed by atoms with E-state index in [0.717, 1.165) is 36.1 Å². The Morgan fingerprint density at radius 1 is 1.36 bits per heavy atom. The van der Waals surface area contributed by atoms with Gasteiger partial charge in [-0.3, -0.25) is 4.68 Å². The normalized spacial score (nSPS) is 22.9. The second kappa shape index (κ2) is 6.44. The summed E-state index contributed by atoms with van der Waals surface area (Å²) >= 11 is 0. The fourth-order valence-corrected chi connectivity index (χ4v) is 4.77. The van der Waals surface area contributed by atoms with Crippen molar-refractivity contribution in [3.8, 4) is 5.75 Å². The highest BCUT2D eigenvalue weighted by atomic mass is 32.2. The summed E-state index contributed by atoms with van der Waals surface area (Å²) in [5.41, 5.74) is 2.07. The number of aromatic nitrogens is 2. The lowest BCUT2D eigenvalue weighted by Crippen LogP contribution is -2.27. The second-order valence-corrected chi connectivity index (χ2v) is 8.13. The predicted octanol–water partition coefficient (Wildman–Crippen LogP) is 1.82. The maximum absolute atomic E-state index is 12.8. The third kappa shape index (κ3) is 3.05. The number of nitrogens with one attached hydrogen (secondary N) is 1.